The number of aromatic nitrogens is 4. The van der Waals surface area contributed by atoms with Gasteiger partial charge in [-0.2, -0.15) is 4.98 Å². The van der Waals surface area contributed by atoms with E-state index < -0.39 is 0 Å². The number of nitrogens with two attached hydrogens (primary N) is 1. The number of nitrogen functional groups attached to an aromatic ring is 1. The van der Waals surface area contributed by atoms with Crippen molar-refractivity contribution in [1.82, 2.24) is 24.3 Å². The number of piperazine rings is 1. The highest BCUT2D eigenvalue weighted by Gasteiger charge is 2.29. The van der Waals surface area contributed by atoms with E-state index in [9.17, 15) is 0 Å². The average molecular weight is 351 g/mol. The Balaban J connectivity index is 1.67. The van der Waals surface area contributed by atoms with Crippen LogP contribution in [0.5, 0.6) is 0 Å². The SMILES string of the molecule is CC(C)c1cc(N2CCN(C)C(c3cnc4ccccn34)C2)nc(N)n1. The lowest BCUT2D eigenvalue weighted by atomic mass is 10.1. The van der Waals surface area contributed by atoms with Gasteiger partial charge in [-0.3, -0.25) is 4.90 Å². The summed E-state index contributed by atoms with van der Waals surface area (Å²) in [6.07, 6.45) is 4.05. The second-order valence-corrected chi connectivity index (χ2v) is 7.22. The Morgan fingerprint density at radius 3 is 2.85 bits per heavy atom. The third-order valence-electron chi connectivity index (χ3n) is 5.10. The van der Waals surface area contributed by atoms with Crippen LogP contribution in [-0.2, 0) is 0 Å². The molecule has 0 radical (unpaired) electrons. The first kappa shape index (κ1) is 16.8. The molecule has 1 atom stereocenters. The summed E-state index contributed by atoms with van der Waals surface area (Å²) in [4.78, 5) is 18.1. The third-order valence-corrected chi connectivity index (χ3v) is 5.10. The maximum Gasteiger partial charge on any atom is 0.222 e. The van der Waals surface area contributed by atoms with Crippen molar-refractivity contribution in [2.24, 2.45) is 0 Å². The Morgan fingerprint density at radius 2 is 2.04 bits per heavy atom. The third kappa shape index (κ3) is 2.99. The van der Waals surface area contributed by atoms with Crippen molar-refractivity contribution in [1.29, 1.82) is 0 Å². The highest BCUT2D eigenvalue weighted by atomic mass is 15.3. The molecule has 7 heteroatoms. The van der Waals surface area contributed by atoms with Crippen molar-refractivity contribution in [3.8, 4) is 0 Å². The van der Waals surface area contributed by atoms with Crippen LogP contribution in [0, 0.1) is 0 Å². The molecule has 1 aliphatic heterocycles. The van der Waals surface area contributed by atoms with Gasteiger partial charge in [0.05, 0.1) is 23.6 Å². The maximum absolute atomic E-state index is 5.96. The van der Waals surface area contributed by atoms with Crippen LogP contribution in [0.4, 0.5) is 11.8 Å². The molecule has 0 amide bonds. The van der Waals surface area contributed by atoms with E-state index in [4.69, 9.17) is 5.73 Å². The smallest absolute Gasteiger partial charge is 0.222 e. The molecule has 7 nitrogen and oxygen atoms in total. The lowest BCUT2D eigenvalue weighted by molar-refractivity contribution is 0.215. The Labute approximate surface area is 153 Å². The molecule has 2 N–H and O–H groups in total. The first-order valence-electron chi connectivity index (χ1n) is 9.04. The fourth-order valence-electron chi connectivity index (χ4n) is 3.53. The number of anilines is 2. The van der Waals surface area contributed by atoms with Crippen molar-refractivity contribution >= 4 is 17.4 Å². The summed E-state index contributed by atoms with van der Waals surface area (Å²) < 4.78 is 2.17. The van der Waals surface area contributed by atoms with Gasteiger partial charge in [0.1, 0.15) is 11.5 Å². The van der Waals surface area contributed by atoms with Gasteiger partial charge in [0.15, 0.2) is 0 Å². The molecule has 26 heavy (non-hydrogen) atoms. The molecule has 0 saturated carbocycles. The van der Waals surface area contributed by atoms with Crippen molar-refractivity contribution in [2.45, 2.75) is 25.8 Å². The predicted octanol–water partition coefficient (Wildman–Crippen LogP) is 2.32. The van der Waals surface area contributed by atoms with Gasteiger partial charge in [-0.25, -0.2) is 9.97 Å². The first-order valence-corrected chi connectivity index (χ1v) is 9.04. The van der Waals surface area contributed by atoms with E-state index in [0.717, 1.165) is 36.8 Å². The zero-order valence-corrected chi connectivity index (χ0v) is 15.5. The van der Waals surface area contributed by atoms with Crippen molar-refractivity contribution < 1.29 is 0 Å². The van der Waals surface area contributed by atoms with Crippen molar-refractivity contribution in [3.63, 3.8) is 0 Å². The molecular weight excluding hydrogens is 326 g/mol. The fraction of sp³-hybridized carbons (Fsp3) is 0.421. The topological polar surface area (TPSA) is 75.6 Å². The molecule has 1 unspecified atom stereocenters. The number of pyridine rings is 1. The summed E-state index contributed by atoms with van der Waals surface area (Å²) in [7, 11) is 2.16. The zero-order valence-electron chi connectivity index (χ0n) is 15.5. The van der Waals surface area contributed by atoms with E-state index in [-0.39, 0.29) is 6.04 Å². The van der Waals surface area contributed by atoms with E-state index >= 15 is 0 Å². The van der Waals surface area contributed by atoms with Gasteiger partial charge in [0, 0.05) is 31.9 Å². The number of nitrogens with zero attached hydrogens (tertiary/aromatic N) is 6. The lowest BCUT2D eigenvalue weighted by Gasteiger charge is -2.40. The Kier molecular flexibility index (Phi) is 4.24. The van der Waals surface area contributed by atoms with Gasteiger partial charge in [-0.15, -0.1) is 0 Å². The number of hydrogen-bond donors (Lipinski definition) is 1. The summed E-state index contributed by atoms with van der Waals surface area (Å²) in [5.41, 5.74) is 9.11. The van der Waals surface area contributed by atoms with Gasteiger partial charge in [0.2, 0.25) is 5.95 Å². The van der Waals surface area contributed by atoms with Crippen LogP contribution < -0.4 is 10.6 Å². The summed E-state index contributed by atoms with van der Waals surface area (Å²) in [6, 6.07) is 8.39. The van der Waals surface area contributed by atoms with Gasteiger partial charge in [0.25, 0.3) is 0 Å². The van der Waals surface area contributed by atoms with Crippen LogP contribution >= 0.6 is 0 Å². The molecule has 1 fully saturated rings. The highest BCUT2D eigenvalue weighted by molar-refractivity contribution is 5.46. The molecule has 4 rings (SSSR count). The summed E-state index contributed by atoms with van der Waals surface area (Å²) in [5, 5.41) is 0. The molecule has 1 saturated heterocycles. The molecule has 3 aromatic heterocycles. The molecule has 3 aromatic rings. The molecule has 0 aliphatic carbocycles. The molecule has 136 valence electrons. The van der Waals surface area contributed by atoms with E-state index in [1.165, 1.54) is 5.69 Å². The Morgan fingerprint density at radius 1 is 1.19 bits per heavy atom. The number of likely N-dealkylation sites (N-methyl/N-ethyl adjacent to an activating group) is 1. The largest absolute Gasteiger partial charge is 0.368 e. The first-order chi connectivity index (χ1) is 12.5. The van der Waals surface area contributed by atoms with Gasteiger partial charge < -0.3 is 15.0 Å². The minimum absolute atomic E-state index is 0.236. The van der Waals surface area contributed by atoms with Crippen LogP contribution in [0.2, 0.25) is 0 Å². The standard InChI is InChI=1S/C19H25N7/c1-13(2)14-10-18(23-19(20)22-14)25-9-8-24(3)16(12-25)15-11-21-17-6-4-5-7-26(15)17/h4-7,10-11,13,16H,8-9,12H2,1-3H3,(H2,20,22,23). The minimum Gasteiger partial charge on any atom is -0.368 e. The van der Waals surface area contributed by atoms with E-state index in [1.807, 2.05) is 24.4 Å². The van der Waals surface area contributed by atoms with Crippen LogP contribution in [0.25, 0.3) is 5.65 Å². The van der Waals surface area contributed by atoms with Gasteiger partial charge in [-0.05, 0) is 25.1 Å². The summed E-state index contributed by atoms with van der Waals surface area (Å²) >= 11 is 0. The van der Waals surface area contributed by atoms with Gasteiger partial charge in [-0.1, -0.05) is 19.9 Å². The van der Waals surface area contributed by atoms with Crippen LogP contribution in [0.3, 0.4) is 0 Å². The molecule has 1 aliphatic rings. The minimum atomic E-state index is 0.236. The molecule has 0 aromatic carbocycles. The zero-order chi connectivity index (χ0) is 18.3. The summed E-state index contributed by atoms with van der Waals surface area (Å²) in [5.74, 6) is 1.57. The summed E-state index contributed by atoms with van der Waals surface area (Å²) in [6.45, 7) is 6.95. The number of rotatable bonds is 3. The number of fused-ring (bicyclic) bond motifs is 1. The second-order valence-electron chi connectivity index (χ2n) is 7.22. The van der Waals surface area contributed by atoms with Crippen LogP contribution in [0.15, 0.2) is 36.7 Å². The van der Waals surface area contributed by atoms with E-state index in [0.29, 0.717) is 11.9 Å². The molecule has 4 heterocycles. The average Bonchev–Trinajstić information content (AvgIpc) is 3.05. The van der Waals surface area contributed by atoms with Gasteiger partial charge >= 0.3 is 0 Å². The molecule has 0 spiro atoms. The van der Waals surface area contributed by atoms with Crippen LogP contribution in [-0.4, -0.2) is 50.9 Å². The van der Waals surface area contributed by atoms with E-state index in [1.54, 1.807) is 0 Å². The van der Waals surface area contributed by atoms with Crippen molar-refractivity contribution in [3.05, 3.63) is 48.0 Å². The highest BCUT2D eigenvalue weighted by Crippen LogP contribution is 2.28. The predicted molar refractivity (Wildman–Crippen MR) is 103 cm³/mol. The monoisotopic (exact) mass is 351 g/mol. The quantitative estimate of drug-likeness (QED) is 0.780. The Hall–Kier alpha value is -2.67. The number of imidazole rings is 1. The maximum atomic E-state index is 5.96. The van der Waals surface area contributed by atoms with E-state index in [2.05, 4.69) is 62.3 Å². The van der Waals surface area contributed by atoms with Crippen molar-refractivity contribution in [2.75, 3.05) is 37.3 Å². The lowest BCUT2D eigenvalue weighted by Crippen LogP contribution is -2.47. The number of hydrogen-bond acceptors (Lipinski definition) is 6. The fourth-order valence-corrected chi connectivity index (χ4v) is 3.53. The normalized spacial score (nSPS) is 18.8. The Bertz CT molecular complexity index is 917. The molecular formula is C19H25N7. The molecule has 0 bridgehead atoms. The van der Waals surface area contributed by atoms with Crippen LogP contribution in [0.1, 0.15) is 37.2 Å². The second kappa shape index (κ2) is 6.57.